The number of benzene rings is 1. The SMILES string of the molecule is C[C@H](NC(=O)C[C@H](C)[C@H]1CCCNC1)c1cccc(-n2cccn2)c1. The number of amides is 1. The molecule has 1 aromatic carbocycles. The summed E-state index contributed by atoms with van der Waals surface area (Å²) in [5, 5.41) is 10.8. The maximum Gasteiger partial charge on any atom is 0.220 e. The minimum Gasteiger partial charge on any atom is -0.350 e. The first-order valence-corrected chi connectivity index (χ1v) is 9.23. The number of carbonyl (C=O) groups is 1. The molecule has 134 valence electrons. The van der Waals surface area contributed by atoms with E-state index in [1.165, 1.54) is 12.8 Å². The fourth-order valence-corrected chi connectivity index (χ4v) is 3.57. The monoisotopic (exact) mass is 340 g/mol. The number of nitrogens with one attached hydrogen (secondary N) is 2. The van der Waals surface area contributed by atoms with E-state index in [1.54, 1.807) is 6.20 Å². The first kappa shape index (κ1) is 17.7. The molecule has 2 aromatic rings. The lowest BCUT2D eigenvalue weighted by atomic mass is 9.85. The van der Waals surface area contributed by atoms with Crippen molar-refractivity contribution in [1.82, 2.24) is 20.4 Å². The normalized spacial score (nSPS) is 20.0. The number of rotatable bonds is 6. The molecule has 2 heterocycles. The molecule has 2 N–H and O–H groups in total. The largest absolute Gasteiger partial charge is 0.350 e. The van der Waals surface area contributed by atoms with Crippen LogP contribution in [0, 0.1) is 11.8 Å². The molecule has 1 aliphatic rings. The predicted octanol–water partition coefficient (Wildman–Crippen LogP) is 3.08. The van der Waals surface area contributed by atoms with Crippen molar-refractivity contribution in [2.45, 2.75) is 39.2 Å². The summed E-state index contributed by atoms with van der Waals surface area (Å²) in [6.07, 6.45) is 6.72. The predicted molar refractivity (Wildman–Crippen MR) is 99.5 cm³/mol. The minimum absolute atomic E-state index is 0.0142. The number of aromatic nitrogens is 2. The van der Waals surface area contributed by atoms with Crippen LogP contribution in [0.2, 0.25) is 0 Å². The number of nitrogens with zero attached hydrogens (tertiary/aromatic N) is 2. The van der Waals surface area contributed by atoms with E-state index in [0.29, 0.717) is 18.3 Å². The molecule has 1 aromatic heterocycles. The Kier molecular flexibility index (Phi) is 5.87. The Labute approximate surface area is 149 Å². The van der Waals surface area contributed by atoms with Crippen molar-refractivity contribution in [1.29, 1.82) is 0 Å². The van der Waals surface area contributed by atoms with Gasteiger partial charge in [0.05, 0.1) is 11.7 Å². The van der Waals surface area contributed by atoms with E-state index < -0.39 is 0 Å². The van der Waals surface area contributed by atoms with Gasteiger partial charge in [0.2, 0.25) is 5.91 Å². The van der Waals surface area contributed by atoms with Gasteiger partial charge < -0.3 is 10.6 Å². The summed E-state index contributed by atoms with van der Waals surface area (Å²) in [4.78, 5) is 12.4. The van der Waals surface area contributed by atoms with Gasteiger partial charge in [0.25, 0.3) is 0 Å². The van der Waals surface area contributed by atoms with Crippen molar-refractivity contribution in [3.05, 3.63) is 48.3 Å². The van der Waals surface area contributed by atoms with E-state index in [0.717, 1.165) is 24.3 Å². The number of piperidine rings is 1. The van der Waals surface area contributed by atoms with Crippen LogP contribution in [0.15, 0.2) is 42.7 Å². The van der Waals surface area contributed by atoms with Gasteiger partial charge in [0, 0.05) is 18.8 Å². The fraction of sp³-hybridized carbons (Fsp3) is 0.500. The van der Waals surface area contributed by atoms with E-state index >= 15 is 0 Å². The highest BCUT2D eigenvalue weighted by Gasteiger charge is 2.22. The van der Waals surface area contributed by atoms with Crippen LogP contribution >= 0.6 is 0 Å². The molecule has 1 aliphatic heterocycles. The molecular weight excluding hydrogens is 312 g/mol. The molecule has 0 radical (unpaired) electrons. The molecule has 5 heteroatoms. The van der Waals surface area contributed by atoms with Crippen LogP contribution in [-0.2, 0) is 4.79 Å². The van der Waals surface area contributed by atoms with Crippen LogP contribution in [0.1, 0.15) is 44.7 Å². The lowest BCUT2D eigenvalue weighted by Gasteiger charge is -2.28. The highest BCUT2D eigenvalue weighted by Crippen LogP contribution is 2.23. The number of hydrogen-bond acceptors (Lipinski definition) is 3. The average Bonchev–Trinajstić information content (AvgIpc) is 3.17. The van der Waals surface area contributed by atoms with Crippen LogP contribution in [0.4, 0.5) is 0 Å². The first-order valence-electron chi connectivity index (χ1n) is 9.23. The van der Waals surface area contributed by atoms with E-state index in [1.807, 2.05) is 42.1 Å². The summed E-state index contributed by atoms with van der Waals surface area (Å²) in [5.74, 6) is 1.16. The summed E-state index contributed by atoms with van der Waals surface area (Å²) in [6, 6.07) is 10.0. The second-order valence-electron chi connectivity index (χ2n) is 7.12. The van der Waals surface area contributed by atoms with Gasteiger partial charge in [-0.15, -0.1) is 0 Å². The Balaban J connectivity index is 1.57. The van der Waals surface area contributed by atoms with Gasteiger partial charge >= 0.3 is 0 Å². The van der Waals surface area contributed by atoms with E-state index in [4.69, 9.17) is 0 Å². The second kappa shape index (κ2) is 8.30. The van der Waals surface area contributed by atoms with Crippen LogP contribution in [0.3, 0.4) is 0 Å². The molecular formula is C20H28N4O. The molecule has 0 bridgehead atoms. The van der Waals surface area contributed by atoms with Crippen molar-refractivity contribution < 1.29 is 4.79 Å². The Morgan fingerprint density at radius 1 is 1.40 bits per heavy atom. The Morgan fingerprint density at radius 2 is 2.28 bits per heavy atom. The third kappa shape index (κ3) is 4.69. The van der Waals surface area contributed by atoms with Crippen LogP contribution in [-0.4, -0.2) is 28.8 Å². The molecule has 3 atom stereocenters. The van der Waals surface area contributed by atoms with Gasteiger partial charge in [-0.2, -0.15) is 5.10 Å². The molecule has 0 saturated carbocycles. The fourth-order valence-electron chi connectivity index (χ4n) is 3.57. The standard InChI is InChI=1S/C20H28N4O/c1-15(18-7-4-9-21-14-18)12-20(25)23-16(2)17-6-3-8-19(13-17)24-11-5-10-22-24/h3,5-6,8,10-11,13,15-16,18,21H,4,7,9,12,14H2,1-2H3,(H,23,25)/t15-,16-,18-/m0/s1. The topological polar surface area (TPSA) is 59.0 Å². The van der Waals surface area contributed by atoms with Crippen molar-refractivity contribution >= 4 is 5.91 Å². The molecule has 0 aliphatic carbocycles. The zero-order valence-electron chi connectivity index (χ0n) is 15.1. The Bertz CT molecular complexity index is 677. The van der Waals surface area contributed by atoms with Gasteiger partial charge in [-0.1, -0.05) is 19.1 Å². The van der Waals surface area contributed by atoms with E-state index in [9.17, 15) is 4.79 Å². The summed E-state index contributed by atoms with van der Waals surface area (Å²) in [7, 11) is 0. The molecule has 5 nitrogen and oxygen atoms in total. The van der Waals surface area contributed by atoms with Crippen LogP contribution < -0.4 is 10.6 Å². The Morgan fingerprint density at radius 3 is 3.00 bits per heavy atom. The highest BCUT2D eigenvalue weighted by atomic mass is 16.1. The molecule has 1 saturated heterocycles. The highest BCUT2D eigenvalue weighted by molar-refractivity contribution is 5.76. The molecule has 1 amide bonds. The quantitative estimate of drug-likeness (QED) is 0.850. The first-order chi connectivity index (χ1) is 12.1. The van der Waals surface area contributed by atoms with Crippen molar-refractivity contribution in [3.63, 3.8) is 0 Å². The Hall–Kier alpha value is -2.14. The summed E-state index contributed by atoms with van der Waals surface area (Å²) in [5.41, 5.74) is 2.10. The van der Waals surface area contributed by atoms with Gasteiger partial charge in [-0.25, -0.2) is 4.68 Å². The molecule has 1 fully saturated rings. The van der Waals surface area contributed by atoms with Crippen molar-refractivity contribution in [3.8, 4) is 5.69 Å². The number of hydrogen-bond donors (Lipinski definition) is 2. The van der Waals surface area contributed by atoms with Gasteiger partial charge in [0.1, 0.15) is 0 Å². The molecule has 3 rings (SSSR count). The lowest BCUT2D eigenvalue weighted by molar-refractivity contribution is -0.123. The zero-order chi connectivity index (χ0) is 17.6. The maximum atomic E-state index is 12.4. The molecule has 0 spiro atoms. The van der Waals surface area contributed by atoms with Gasteiger partial charge in [0.15, 0.2) is 0 Å². The summed E-state index contributed by atoms with van der Waals surface area (Å²) >= 11 is 0. The average molecular weight is 340 g/mol. The molecule has 0 unspecified atom stereocenters. The summed E-state index contributed by atoms with van der Waals surface area (Å²) in [6.45, 7) is 6.38. The van der Waals surface area contributed by atoms with Gasteiger partial charge in [-0.3, -0.25) is 4.79 Å². The van der Waals surface area contributed by atoms with E-state index in [2.05, 4.69) is 28.7 Å². The van der Waals surface area contributed by atoms with Crippen LogP contribution in [0.25, 0.3) is 5.69 Å². The smallest absolute Gasteiger partial charge is 0.220 e. The number of carbonyl (C=O) groups excluding carboxylic acids is 1. The second-order valence-corrected chi connectivity index (χ2v) is 7.12. The van der Waals surface area contributed by atoms with Crippen molar-refractivity contribution in [2.75, 3.05) is 13.1 Å². The summed E-state index contributed by atoms with van der Waals surface area (Å²) < 4.78 is 1.83. The van der Waals surface area contributed by atoms with Gasteiger partial charge in [-0.05, 0) is 68.5 Å². The minimum atomic E-state index is -0.0142. The van der Waals surface area contributed by atoms with Crippen LogP contribution in [0.5, 0.6) is 0 Å². The maximum absolute atomic E-state index is 12.4. The van der Waals surface area contributed by atoms with E-state index in [-0.39, 0.29) is 11.9 Å². The van der Waals surface area contributed by atoms with Crippen molar-refractivity contribution in [2.24, 2.45) is 11.8 Å². The zero-order valence-corrected chi connectivity index (χ0v) is 15.1. The molecule has 25 heavy (non-hydrogen) atoms. The third-order valence-electron chi connectivity index (χ3n) is 5.16. The third-order valence-corrected chi connectivity index (χ3v) is 5.16. The lowest BCUT2D eigenvalue weighted by Crippen LogP contribution is -2.36.